The molecule has 3 aliphatic rings. The Hall–Kier alpha value is -2.65. The van der Waals surface area contributed by atoms with Gasteiger partial charge in [-0.1, -0.05) is 37.5 Å². The highest BCUT2D eigenvalue weighted by Crippen LogP contribution is 2.45. The Kier molecular flexibility index (Phi) is 6.96. The number of hydrogen-bond acceptors (Lipinski definition) is 7. The van der Waals surface area contributed by atoms with E-state index >= 15 is 0 Å². The van der Waals surface area contributed by atoms with Gasteiger partial charge in [0, 0.05) is 19.4 Å². The average Bonchev–Trinajstić information content (AvgIpc) is 3.66. The highest BCUT2D eigenvalue weighted by atomic mass is 32.2. The SMILES string of the molecule is Cc1ccc(C2CCCCC2)c(OC2(C(=O)NS(=O)(=O)c3cccc(N4CCOC[C@H]4C)n3)CC2)c1. The molecular formula is C27H35N3O5S. The van der Waals surface area contributed by atoms with Crippen LogP contribution in [-0.2, 0) is 19.6 Å². The summed E-state index contributed by atoms with van der Waals surface area (Å²) in [7, 11) is -4.16. The number of rotatable bonds is 7. The van der Waals surface area contributed by atoms with Gasteiger partial charge < -0.3 is 14.4 Å². The van der Waals surface area contributed by atoms with Crippen LogP contribution in [0.4, 0.5) is 5.82 Å². The first kappa shape index (κ1) is 25.0. The van der Waals surface area contributed by atoms with E-state index in [9.17, 15) is 13.2 Å². The fourth-order valence-corrected chi connectivity index (χ4v) is 6.23. The van der Waals surface area contributed by atoms with E-state index < -0.39 is 21.5 Å². The second-order valence-corrected chi connectivity index (χ2v) is 12.0. The minimum absolute atomic E-state index is 0.0783. The van der Waals surface area contributed by atoms with Crippen molar-refractivity contribution in [1.29, 1.82) is 0 Å². The Bertz CT molecular complexity index is 1220. The lowest BCUT2D eigenvalue weighted by Gasteiger charge is -2.34. The predicted molar refractivity (Wildman–Crippen MR) is 137 cm³/mol. The highest BCUT2D eigenvalue weighted by molar-refractivity contribution is 7.90. The molecule has 9 heteroatoms. The Morgan fingerprint density at radius 3 is 2.67 bits per heavy atom. The van der Waals surface area contributed by atoms with E-state index in [1.165, 1.54) is 25.3 Å². The first-order chi connectivity index (χ1) is 17.3. The lowest BCUT2D eigenvalue weighted by atomic mass is 9.83. The molecule has 3 fully saturated rings. The number of anilines is 1. The molecule has 2 saturated carbocycles. The zero-order valence-corrected chi connectivity index (χ0v) is 21.9. The number of hydrogen-bond donors (Lipinski definition) is 1. The van der Waals surface area contributed by atoms with Crippen LogP contribution < -0.4 is 14.4 Å². The molecule has 36 heavy (non-hydrogen) atoms. The summed E-state index contributed by atoms with van der Waals surface area (Å²) in [5.41, 5.74) is 1.00. The third-order valence-electron chi connectivity index (χ3n) is 7.51. The van der Waals surface area contributed by atoms with Crippen LogP contribution in [0.3, 0.4) is 0 Å². The maximum absolute atomic E-state index is 13.3. The summed E-state index contributed by atoms with van der Waals surface area (Å²) in [6.45, 7) is 5.74. The molecule has 1 saturated heterocycles. The standard InChI is InChI=1S/C27H35N3O5S/c1-19-11-12-22(21-7-4-3-5-8-21)23(17-19)35-27(13-14-27)26(31)29-36(32,33)25-10-6-9-24(28-25)30-15-16-34-18-20(30)2/h6,9-12,17,20-21H,3-5,7-8,13-16,18H2,1-2H3,(H,29,31)/t20-/m1/s1. The van der Waals surface area contributed by atoms with Crippen molar-refractivity contribution < 1.29 is 22.7 Å². The molecule has 0 bridgehead atoms. The molecule has 8 nitrogen and oxygen atoms in total. The minimum Gasteiger partial charge on any atom is -0.477 e. The van der Waals surface area contributed by atoms with Gasteiger partial charge >= 0.3 is 0 Å². The summed E-state index contributed by atoms with van der Waals surface area (Å²) in [4.78, 5) is 19.6. The number of aromatic nitrogens is 1. The molecular weight excluding hydrogens is 478 g/mol. The van der Waals surface area contributed by atoms with Gasteiger partial charge in [0.05, 0.1) is 19.3 Å². The number of morpholine rings is 1. The van der Waals surface area contributed by atoms with Crippen LogP contribution in [0.1, 0.15) is 68.9 Å². The third kappa shape index (κ3) is 5.22. The molecule has 1 amide bonds. The number of benzene rings is 1. The second-order valence-electron chi connectivity index (χ2n) is 10.4. The molecule has 0 unspecified atom stereocenters. The van der Waals surface area contributed by atoms with Gasteiger partial charge in [-0.3, -0.25) is 4.79 Å². The van der Waals surface area contributed by atoms with Crippen molar-refractivity contribution in [2.45, 2.75) is 81.4 Å². The van der Waals surface area contributed by atoms with E-state index in [1.54, 1.807) is 12.1 Å². The Labute approximate surface area is 213 Å². The number of nitrogens with zero attached hydrogens (tertiary/aromatic N) is 2. The normalized spacial score (nSPS) is 22.2. The van der Waals surface area contributed by atoms with Crippen molar-refractivity contribution in [3.8, 4) is 5.75 Å². The van der Waals surface area contributed by atoms with Crippen LogP contribution in [0.25, 0.3) is 0 Å². The number of aryl methyl sites for hydroxylation is 1. The number of ether oxygens (including phenoxy) is 2. The molecule has 0 radical (unpaired) electrons. The molecule has 5 rings (SSSR count). The van der Waals surface area contributed by atoms with Crippen molar-refractivity contribution in [2.24, 2.45) is 0 Å². The quantitative estimate of drug-likeness (QED) is 0.596. The van der Waals surface area contributed by atoms with Crippen LogP contribution in [0.2, 0.25) is 0 Å². The minimum atomic E-state index is -4.16. The van der Waals surface area contributed by atoms with Crippen LogP contribution >= 0.6 is 0 Å². The van der Waals surface area contributed by atoms with Gasteiger partial charge in [-0.05, 0) is 61.9 Å². The van der Waals surface area contributed by atoms with E-state index in [-0.39, 0.29) is 11.1 Å². The largest absolute Gasteiger partial charge is 0.477 e. The monoisotopic (exact) mass is 513 g/mol. The number of carbonyl (C=O) groups excluding carboxylic acids is 1. The van der Waals surface area contributed by atoms with Gasteiger partial charge in [-0.2, -0.15) is 8.42 Å². The number of carbonyl (C=O) groups is 1. The summed E-state index contributed by atoms with van der Waals surface area (Å²) in [5.74, 6) is 1.03. The molecule has 2 heterocycles. The van der Waals surface area contributed by atoms with Crippen LogP contribution in [0, 0.1) is 6.92 Å². The van der Waals surface area contributed by atoms with Gasteiger partial charge in [-0.15, -0.1) is 0 Å². The average molecular weight is 514 g/mol. The van der Waals surface area contributed by atoms with E-state index in [2.05, 4.69) is 21.8 Å². The summed E-state index contributed by atoms with van der Waals surface area (Å²) in [5, 5.41) is -0.179. The maximum Gasteiger partial charge on any atom is 0.281 e. The Balaban J connectivity index is 1.33. The molecule has 194 valence electrons. The van der Waals surface area contributed by atoms with Crippen LogP contribution in [-0.4, -0.2) is 50.7 Å². The summed E-state index contributed by atoms with van der Waals surface area (Å²) < 4.78 is 40.4. The maximum atomic E-state index is 13.3. The van der Waals surface area contributed by atoms with Crippen LogP contribution in [0.5, 0.6) is 5.75 Å². The van der Waals surface area contributed by atoms with Gasteiger partial charge in [0.25, 0.3) is 15.9 Å². The van der Waals surface area contributed by atoms with Gasteiger partial charge in [0.2, 0.25) is 0 Å². The van der Waals surface area contributed by atoms with E-state index in [4.69, 9.17) is 9.47 Å². The van der Waals surface area contributed by atoms with Crippen molar-refractivity contribution in [1.82, 2.24) is 9.71 Å². The van der Waals surface area contributed by atoms with Crippen molar-refractivity contribution in [3.63, 3.8) is 0 Å². The van der Waals surface area contributed by atoms with Gasteiger partial charge in [0.15, 0.2) is 10.6 Å². The second kappa shape index (κ2) is 10.0. The number of pyridine rings is 1. The highest BCUT2D eigenvalue weighted by Gasteiger charge is 2.54. The lowest BCUT2D eigenvalue weighted by Crippen LogP contribution is -2.45. The number of amides is 1. The van der Waals surface area contributed by atoms with Gasteiger partial charge in [-0.25, -0.2) is 9.71 Å². The third-order valence-corrected chi connectivity index (χ3v) is 8.74. The predicted octanol–water partition coefficient (Wildman–Crippen LogP) is 4.08. The smallest absolute Gasteiger partial charge is 0.281 e. The van der Waals surface area contributed by atoms with Crippen LogP contribution in [0.15, 0.2) is 41.4 Å². The molecule has 1 aromatic heterocycles. The molecule has 0 spiro atoms. The first-order valence-electron chi connectivity index (χ1n) is 13.0. The zero-order valence-electron chi connectivity index (χ0n) is 21.0. The first-order valence-corrected chi connectivity index (χ1v) is 14.4. The molecule has 1 atom stereocenters. The number of sulfonamides is 1. The Morgan fingerprint density at radius 2 is 1.94 bits per heavy atom. The summed E-state index contributed by atoms with van der Waals surface area (Å²) >= 11 is 0. The zero-order chi connectivity index (χ0) is 25.3. The van der Waals surface area contributed by atoms with Gasteiger partial charge in [0.1, 0.15) is 11.6 Å². The lowest BCUT2D eigenvalue weighted by molar-refractivity contribution is -0.128. The molecule has 1 N–H and O–H groups in total. The Morgan fingerprint density at radius 1 is 1.17 bits per heavy atom. The van der Waals surface area contributed by atoms with Crippen molar-refractivity contribution in [3.05, 3.63) is 47.5 Å². The van der Waals surface area contributed by atoms with Crippen molar-refractivity contribution >= 4 is 21.7 Å². The van der Waals surface area contributed by atoms with E-state index in [1.807, 2.05) is 24.8 Å². The number of nitrogens with one attached hydrogen (secondary N) is 1. The fraction of sp³-hybridized carbons (Fsp3) is 0.556. The molecule has 2 aliphatic carbocycles. The van der Waals surface area contributed by atoms with E-state index in [0.717, 1.165) is 24.0 Å². The van der Waals surface area contributed by atoms with E-state index in [0.29, 0.717) is 50.1 Å². The molecule has 1 aromatic carbocycles. The van der Waals surface area contributed by atoms with Crippen molar-refractivity contribution in [2.75, 3.05) is 24.7 Å². The summed E-state index contributed by atoms with van der Waals surface area (Å²) in [6, 6.07) is 11.1. The fourth-order valence-electron chi connectivity index (χ4n) is 5.23. The molecule has 1 aliphatic heterocycles. The topological polar surface area (TPSA) is 97.8 Å². The molecule has 2 aromatic rings. The summed E-state index contributed by atoms with van der Waals surface area (Å²) in [6.07, 6.45) is 6.81.